The SMILES string of the molecule is CC1(C)CCCN1C(CN)c1ccc(Br)cc1F. The number of likely N-dealkylation sites (tertiary alicyclic amines) is 1. The van der Waals surface area contributed by atoms with E-state index in [0.717, 1.165) is 23.9 Å². The summed E-state index contributed by atoms with van der Waals surface area (Å²) in [4.78, 5) is 2.33. The van der Waals surface area contributed by atoms with E-state index in [1.807, 2.05) is 12.1 Å². The number of nitrogens with two attached hydrogens (primary N) is 1. The van der Waals surface area contributed by atoms with Gasteiger partial charge in [-0.3, -0.25) is 4.90 Å². The third-order valence-corrected chi connectivity index (χ3v) is 4.38. The van der Waals surface area contributed by atoms with Gasteiger partial charge in [-0.05, 0) is 45.4 Å². The minimum atomic E-state index is -0.178. The highest BCUT2D eigenvalue weighted by Gasteiger charge is 2.37. The first-order valence-electron chi connectivity index (χ1n) is 6.37. The normalized spacial score (nSPS) is 21.2. The van der Waals surface area contributed by atoms with Crippen molar-refractivity contribution in [3.05, 3.63) is 34.1 Å². The van der Waals surface area contributed by atoms with Gasteiger partial charge in [0.1, 0.15) is 5.82 Å². The summed E-state index contributed by atoms with van der Waals surface area (Å²) < 4.78 is 14.8. The Bertz CT molecular complexity index is 434. The third-order valence-electron chi connectivity index (χ3n) is 3.89. The Morgan fingerprint density at radius 2 is 2.22 bits per heavy atom. The summed E-state index contributed by atoms with van der Waals surface area (Å²) in [6.45, 7) is 5.85. The van der Waals surface area contributed by atoms with Crippen molar-refractivity contribution in [2.24, 2.45) is 5.73 Å². The van der Waals surface area contributed by atoms with Crippen molar-refractivity contribution in [2.75, 3.05) is 13.1 Å². The van der Waals surface area contributed by atoms with Crippen LogP contribution in [0.15, 0.2) is 22.7 Å². The van der Waals surface area contributed by atoms with Crippen LogP contribution in [0.25, 0.3) is 0 Å². The Morgan fingerprint density at radius 1 is 1.50 bits per heavy atom. The van der Waals surface area contributed by atoms with Gasteiger partial charge in [0.15, 0.2) is 0 Å². The van der Waals surface area contributed by atoms with E-state index in [1.165, 1.54) is 6.07 Å². The van der Waals surface area contributed by atoms with Crippen LogP contribution in [0.2, 0.25) is 0 Å². The fourth-order valence-electron chi connectivity index (χ4n) is 2.90. The molecule has 0 amide bonds. The fraction of sp³-hybridized carbons (Fsp3) is 0.571. The van der Waals surface area contributed by atoms with Crippen LogP contribution < -0.4 is 5.73 Å². The summed E-state index contributed by atoms with van der Waals surface area (Å²) in [6, 6.07) is 5.20. The molecule has 1 saturated heterocycles. The molecule has 1 aliphatic rings. The molecule has 1 aliphatic heterocycles. The number of benzene rings is 1. The molecule has 0 bridgehead atoms. The van der Waals surface area contributed by atoms with Crippen molar-refractivity contribution in [2.45, 2.75) is 38.3 Å². The van der Waals surface area contributed by atoms with Crippen molar-refractivity contribution >= 4 is 15.9 Å². The van der Waals surface area contributed by atoms with E-state index in [1.54, 1.807) is 0 Å². The molecule has 2 rings (SSSR count). The van der Waals surface area contributed by atoms with Gasteiger partial charge in [-0.2, -0.15) is 0 Å². The standard InChI is InChI=1S/C14H20BrFN2/c1-14(2)6-3-7-18(14)13(9-17)11-5-4-10(15)8-12(11)16/h4-5,8,13H,3,6-7,9,17H2,1-2H3. The average Bonchev–Trinajstić information content (AvgIpc) is 2.63. The zero-order valence-corrected chi connectivity index (χ0v) is 12.5. The number of hydrogen-bond acceptors (Lipinski definition) is 2. The lowest BCUT2D eigenvalue weighted by molar-refractivity contribution is 0.117. The summed E-state index contributed by atoms with van der Waals surface area (Å²) in [5, 5.41) is 0. The Balaban J connectivity index is 2.33. The van der Waals surface area contributed by atoms with E-state index >= 15 is 0 Å². The Labute approximate surface area is 116 Å². The maximum Gasteiger partial charge on any atom is 0.129 e. The van der Waals surface area contributed by atoms with E-state index in [2.05, 4.69) is 34.7 Å². The Kier molecular flexibility index (Phi) is 4.09. The van der Waals surface area contributed by atoms with Gasteiger partial charge in [-0.25, -0.2) is 4.39 Å². The third kappa shape index (κ3) is 2.60. The van der Waals surface area contributed by atoms with Crippen LogP contribution in [0, 0.1) is 5.82 Å². The molecule has 100 valence electrons. The molecule has 2 N–H and O–H groups in total. The average molecular weight is 315 g/mol. The highest BCUT2D eigenvalue weighted by atomic mass is 79.9. The molecule has 1 unspecified atom stereocenters. The molecule has 0 spiro atoms. The number of nitrogens with zero attached hydrogens (tertiary/aromatic N) is 1. The van der Waals surface area contributed by atoms with Gasteiger partial charge in [0, 0.05) is 22.1 Å². The van der Waals surface area contributed by atoms with Crippen LogP contribution in [0.5, 0.6) is 0 Å². The van der Waals surface area contributed by atoms with Gasteiger partial charge in [0.05, 0.1) is 6.04 Å². The highest BCUT2D eigenvalue weighted by molar-refractivity contribution is 9.10. The molecule has 1 aromatic carbocycles. The minimum absolute atomic E-state index is 0.0319. The lowest BCUT2D eigenvalue weighted by atomic mass is 9.97. The monoisotopic (exact) mass is 314 g/mol. The number of halogens is 2. The minimum Gasteiger partial charge on any atom is -0.329 e. The van der Waals surface area contributed by atoms with Crippen LogP contribution in [0.4, 0.5) is 4.39 Å². The first-order chi connectivity index (χ1) is 8.45. The molecule has 0 aliphatic carbocycles. The molecular formula is C14H20BrFN2. The van der Waals surface area contributed by atoms with Crippen LogP contribution in [0.3, 0.4) is 0 Å². The second-order valence-corrected chi connectivity index (χ2v) is 6.44. The number of rotatable bonds is 3. The molecule has 0 saturated carbocycles. The molecule has 1 fully saturated rings. The smallest absolute Gasteiger partial charge is 0.129 e. The molecule has 4 heteroatoms. The van der Waals surface area contributed by atoms with Crippen molar-refractivity contribution in [1.82, 2.24) is 4.90 Å². The van der Waals surface area contributed by atoms with Crippen LogP contribution in [-0.4, -0.2) is 23.5 Å². The highest BCUT2D eigenvalue weighted by Crippen LogP contribution is 2.37. The lowest BCUT2D eigenvalue weighted by Crippen LogP contribution is -2.43. The van der Waals surface area contributed by atoms with E-state index in [0.29, 0.717) is 12.1 Å². The van der Waals surface area contributed by atoms with Crippen molar-refractivity contribution < 1.29 is 4.39 Å². The van der Waals surface area contributed by atoms with Crippen molar-refractivity contribution in [1.29, 1.82) is 0 Å². The molecule has 18 heavy (non-hydrogen) atoms. The molecular weight excluding hydrogens is 295 g/mol. The first-order valence-corrected chi connectivity index (χ1v) is 7.17. The molecule has 1 aromatic rings. The van der Waals surface area contributed by atoms with Gasteiger partial charge in [-0.1, -0.05) is 22.0 Å². The van der Waals surface area contributed by atoms with Gasteiger partial charge in [0.25, 0.3) is 0 Å². The van der Waals surface area contributed by atoms with E-state index in [9.17, 15) is 4.39 Å². The summed E-state index contributed by atoms with van der Waals surface area (Å²) in [7, 11) is 0. The second-order valence-electron chi connectivity index (χ2n) is 5.53. The van der Waals surface area contributed by atoms with Gasteiger partial charge < -0.3 is 5.73 Å². The Hall–Kier alpha value is -0.450. The molecule has 1 heterocycles. The van der Waals surface area contributed by atoms with E-state index in [-0.39, 0.29) is 17.4 Å². The van der Waals surface area contributed by atoms with Crippen LogP contribution in [-0.2, 0) is 0 Å². The number of hydrogen-bond donors (Lipinski definition) is 1. The van der Waals surface area contributed by atoms with Crippen molar-refractivity contribution in [3.63, 3.8) is 0 Å². The summed E-state index contributed by atoms with van der Waals surface area (Å²) in [6.07, 6.45) is 2.29. The van der Waals surface area contributed by atoms with Crippen LogP contribution >= 0.6 is 15.9 Å². The van der Waals surface area contributed by atoms with E-state index < -0.39 is 0 Å². The fourth-order valence-corrected chi connectivity index (χ4v) is 3.23. The summed E-state index contributed by atoms with van der Waals surface area (Å²) in [5.74, 6) is -0.178. The van der Waals surface area contributed by atoms with Gasteiger partial charge >= 0.3 is 0 Å². The predicted molar refractivity (Wildman–Crippen MR) is 75.9 cm³/mol. The van der Waals surface area contributed by atoms with Gasteiger partial charge in [-0.15, -0.1) is 0 Å². The van der Waals surface area contributed by atoms with Crippen molar-refractivity contribution in [3.8, 4) is 0 Å². The lowest BCUT2D eigenvalue weighted by Gasteiger charge is -2.38. The summed E-state index contributed by atoms with van der Waals surface area (Å²) >= 11 is 3.29. The summed E-state index contributed by atoms with van der Waals surface area (Å²) in [5.41, 5.74) is 6.70. The zero-order valence-electron chi connectivity index (χ0n) is 10.9. The van der Waals surface area contributed by atoms with Gasteiger partial charge in [0.2, 0.25) is 0 Å². The molecule has 0 aromatic heterocycles. The van der Waals surface area contributed by atoms with E-state index in [4.69, 9.17) is 5.73 Å². The quantitative estimate of drug-likeness (QED) is 0.925. The molecule has 0 radical (unpaired) electrons. The van der Waals surface area contributed by atoms with Crippen LogP contribution in [0.1, 0.15) is 38.3 Å². The Morgan fingerprint density at radius 3 is 2.72 bits per heavy atom. The predicted octanol–water partition coefficient (Wildman–Crippen LogP) is 3.46. The first kappa shape index (κ1) is 14.0. The largest absolute Gasteiger partial charge is 0.329 e. The molecule has 1 atom stereocenters. The zero-order chi connectivity index (χ0) is 13.3. The molecule has 2 nitrogen and oxygen atoms in total. The maximum absolute atomic E-state index is 14.1. The second kappa shape index (κ2) is 5.27. The maximum atomic E-state index is 14.1. The topological polar surface area (TPSA) is 29.3 Å².